The van der Waals surface area contributed by atoms with Crippen LogP contribution in [0.25, 0.3) is 0 Å². The van der Waals surface area contributed by atoms with Crippen molar-refractivity contribution in [2.24, 2.45) is 0 Å². The Kier molecular flexibility index (Phi) is 4.16. The van der Waals surface area contributed by atoms with E-state index in [1.807, 2.05) is 25.1 Å². The van der Waals surface area contributed by atoms with Gasteiger partial charge in [-0.1, -0.05) is 12.1 Å². The summed E-state index contributed by atoms with van der Waals surface area (Å²) < 4.78 is 0.888. The maximum atomic E-state index is 11.9. The normalized spacial score (nSPS) is 10.2. The van der Waals surface area contributed by atoms with Crippen LogP contribution < -0.4 is 11.1 Å². The number of pyridine rings is 1. The van der Waals surface area contributed by atoms with Crippen molar-refractivity contribution in [2.75, 3.05) is 11.1 Å². The van der Waals surface area contributed by atoms with E-state index in [9.17, 15) is 4.79 Å². The van der Waals surface area contributed by atoms with Gasteiger partial charge in [0.25, 0.3) is 0 Å². The number of amides is 1. The van der Waals surface area contributed by atoms with Crippen molar-refractivity contribution >= 4 is 33.3 Å². The summed E-state index contributed by atoms with van der Waals surface area (Å²) in [7, 11) is 0. The maximum absolute atomic E-state index is 11.9. The van der Waals surface area contributed by atoms with Gasteiger partial charge >= 0.3 is 0 Å². The number of carbonyl (C=O) groups excluding carboxylic acids is 1. The molecule has 98 valence electrons. The van der Waals surface area contributed by atoms with Gasteiger partial charge in [-0.2, -0.15) is 0 Å². The number of aryl methyl sites for hydroxylation is 1. The van der Waals surface area contributed by atoms with Crippen LogP contribution in [0.1, 0.15) is 11.1 Å². The first-order chi connectivity index (χ1) is 9.04. The van der Waals surface area contributed by atoms with Crippen LogP contribution in [-0.4, -0.2) is 10.9 Å². The van der Waals surface area contributed by atoms with Crippen LogP contribution in [0.5, 0.6) is 0 Å². The Hall–Kier alpha value is -1.88. The minimum Gasteiger partial charge on any atom is -0.399 e. The Morgan fingerprint density at radius 1 is 1.42 bits per heavy atom. The molecule has 1 amide bonds. The number of nitrogen functional groups attached to an aromatic ring is 1. The quantitative estimate of drug-likeness (QED) is 0.855. The average molecular weight is 320 g/mol. The summed E-state index contributed by atoms with van der Waals surface area (Å²) in [6, 6.07) is 9.20. The third kappa shape index (κ3) is 3.79. The molecule has 1 aromatic carbocycles. The number of nitrogens with two attached hydrogens (primary N) is 1. The lowest BCUT2D eigenvalue weighted by molar-refractivity contribution is -0.115. The number of carbonyl (C=O) groups is 1. The predicted octanol–water partition coefficient (Wildman–Crippen LogP) is 2.92. The lowest BCUT2D eigenvalue weighted by Crippen LogP contribution is -2.16. The lowest BCUT2D eigenvalue weighted by atomic mass is 10.1. The smallest absolute Gasteiger partial charge is 0.229 e. The predicted molar refractivity (Wildman–Crippen MR) is 79.9 cm³/mol. The van der Waals surface area contributed by atoms with Gasteiger partial charge in [-0.05, 0) is 52.2 Å². The molecule has 0 radical (unpaired) electrons. The second-order valence-corrected chi connectivity index (χ2v) is 5.20. The van der Waals surface area contributed by atoms with Gasteiger partial charge in [-0.15, -0.1) is 0 Å². The zero-order valence-electron chi connectivity index (χ0n) is 10.5. The van der Waals surface area contributed by atoms with E-state index in [2.05, 4.69) is 26.2 Å². The van der Waals surface area contributed by atoms with Crippen LogP contribution in [0.4, 0.5) is 11.5 Å². The van der Waals surface area contributed by atoms with Gasteiger partial charge in [0.05, 0.1) is 6.42 Å². The van der Waals surface area contributed by atoms with Gasteiger partial charge in [0, 0.05) is 16.4 Å². The largest absolute Gasteiger partial charge is 0.399 e. The molecule has 4 nitrogen and oxygen atoms in total. The van der Waals surface area contributed by atoms with Crippen molar-refractivity contribution in [1.29, 1.82) is 0 Å². The third-order valence-corrected chi connectivity index (χ3v) is 3.05. The molecule has 0 unspecified atom stereocenters. The molecule has 0 spiro atoms. The first-order valence-corrected chi connectivity index (χ1v) is 6.60. The van der Waals surface area contributed by atoms with E-state index >= 15 is 0 Å². The number of benzene rings is 1. The Morgan fingerprint density at radius 3 is 2.89 bits per heavy atom. The molecular formula is C14H14BrN3O. The van der Waals surface area contributed by atoms with Crippen molar-refractivity contribution in [3.05, 3.63) is 52.1 Å². The standard InChI is InChI=1S/C14H14BrN3O/c1-9-5-11(15)8-17-14(9)18-13(19)7-10-3-2-4-12(16)6-10/h2-6,8H,7,16H2,1H3,(H,17,18,19). The van der Waals surface area contributed by atoms with Crippen molar-refractivity contribution in [3.8, 4) is 0 Å². The monoisotopic (exact) mass is 319 g/mol. The number of rotatable bonds is 3. The van der Waals surface area contributed by atoms with Gasteiger partial charge in [-0.25, -0.2) is 4.98 Å². The highest BCUT2D eigenvalue weighted by molar-refractivity contribution is 9.10. The molecule has 0 fully saturated rings. The summed E-state index contributed by atoms with van der Waals surface area (Å²) >= 11 is 3.34. The minimum atomic E-state index is -0.108. The number of aromatic nitrogens is 1. The number of anilines is 2. The highest BCUT2D eigenvalue weighted by atomic mass is 79.9. The first kappa shape index (κ1) is 13.5. The van der Waals surface area contributed by atoms with Crippen molar-refractivity contribution in [2.45, 2.75) is 13.3 Å². The van der Waals surface area contributed by atoms with Gasteiger partial charge in [-0.3, -0.25) is 4.79 Å². The van der Waals surface area contributed by atoms with Crippen LogP contribution >= 0.6 is 15.9 Å². The number of nitrogens with one attached hydrogen (secondary N) is 1. The van der Waals surface area contributed by atoms with E-state index in [4.69, 9.17) is 5.73 Å². The molecule has 1 aromatic heterocycles. The molecule has 0 aliphatic heterocycles. The minimum absolute atomic E-state index is 0.108. The summed E-state index contributed by atoms with van der Waals surface area (Å²) in [6.07, 6.45) is 1.94. The summed E-state index contributed by atoms with van der Waals surface area (Å²) in [5.74, 6) is 0.473. The van der Waals surface area contributed by atoms with Gasteiger partial charge in [0.15, 0.2) is 0 Å². The summed E-state index contributed by atoms with van der Waals surface area (Å²) in [4.78, 5) is 16.1. The molecule has 0 saturated heterocycles. The van der Waals surface area contributed by atoms with Crippen LogP contribution in [0.15, 0.2) is 41.0 Å². The number of halogens is 1. The molecule has 0 saturated carbocycles. The Balaban J connectivity index is 2.05. The fourth-order valence-corrected chi connectivity index (χ4v) is 2.18. The molecule has 0 atom stereocenters. The fourth-order valence-electron chi connectivity index (χ4n) is 1.74. The molecular weight excluding hydrogens is 306 g/mol. The Bertz CT molecular complexity index is 613. The number of nitrogens with zero attached hydrogens (tertiary/aromatic N) is 1. The maximum Gasteiger partial charge on any atom is 0.229 e. The van der Waals surface area contributed by atoms with Crippen molar-refractivity contribution in [1.82, 2.24) is 4.98 Å². The zero-order valence-corrected chi connectivity index (χ0v) is 12.1. The van der Waals surface area contributed by atoms with E-state index < -0.39 is 0 Å². The molecule has 2 rings (SSSR count). The molecule has 0 bridgehead atoms. The van der Waals surface area contributed by atoms with Crippen LogP contribution in [0.2, 0.25) is 0 Å². The summed E-state index contributed by atoms with van der Waals surface area (Å²) in [5.41, 5.74) is 8.13. The molecule has 1 heterocycles. The number of hydrogen-bond donors (Lipinski definition) is 2. The van der Waals surface area contributed by atoms with Crippen molar-refractivity contribution < 1.29 is 4.79 Å². The van der Waals surface area contributed by atoms with Crippen LogP contribution in [-0.2, 0) is 11.2 Å². The molecule has 19 heavy (non-hydrogen) atoms. The Labute approximate surface area is 120 Å². The van der Waals surface area contributed by atoms with Gasteiger partial charge < -0.3 is 11.1 Å². The SMILES string of the molecule is Cc1cc(Br)cnc1NC(=O)Cc1cccc(N)c1. The second-order valence-electron chi connectivity index (χ2n) is 4.29. The molecule has 0 aliphatic carbocycles. The fraction of sp³-hybridized carbons (Fsp3) is 0.143. The van der Waals surface area contributed by atoms with Gasteiger partial charge in [0.2, 0.25) is 5.91 Å². The molecule has 0 aliphatic rings. The molecule has 3 N–H and O–H groups in total. The molecule has 2 aromatic rings. The second kappa shape index (κ2) is 5.84. The van der Waals surface area contributed by atoms with E-state index in [1.165, 1.54) is 0 Å². The van der Waals surface area contributed by atoms with E-state index in [-0.39, 0.29) is 12.3 Å². The summed E-state index contributed by atoms with van der Waals surface area (Å²) in [5, 5.41) is 2.79. The zero-order chi connectivity index (χ0) is 13.8. The highest BCUT2D eigenvalue weighted by Gasteiger charge is 2.07. The third-order valence-electron chi connectivity index (χ3n) is 2.62. The average Bonchev–Trinajstić information content (AvgIpc) is 2.33. The van der Waals surface area contributed by atoms with Crippen molar-refractivity contribution in [3.63, 3.8) is 0 Å². The van der Waals surface area contributed by atoms with Crippen LogP contribution in [0.3, 0.4) is 0 Å². The topological polar surface area (TPSA) is 68.0 Å². The first-order valence-electron chi connectivity index (χ1n) is 5.81. The van der Waals surface area contributed by atoms with E-state index in [1.54, 1.807) is 18.3 Å². The van der Waals surface area contributed by atoms with Gasteiger partial charge in [0.1, 0.15) is 5.82 Å². The van der Waals surface area contributed by atoms with E-state index in [0.29, 0.717) is 11.5 Å². The highest BCUT2D eigenvalue weighted by Crippen LogP contribution is 2.17. The van der Waals surface area contributed by atoms with Crippen LogP contribution in [0, 0.1) is 6.92 Å². The summed E-state index contributed by atoms with van der Waals surface area (Å²) in [6.45, 7) is 1.90. The lowest BCUT2D eigenvalue weighted by Gasteiger charge is -2.08. The number of hydrogen-bond acceptors (Lipinski definition) is 3. The molecule has 5 heteroatoms. The Morgan fingerprint density at radius 2 is 2.21 bits per heavy atom. The van der Waals surface area contributed by atoms with E-state index in [0.717, 1.165) is 15.6 Å².